The van der Waals surface area contributed by atoms with Gasteiger partial charge in [0.25, 0.3) is 0 Å². The Balaban J connectivity index is 2.64. The molecule has 1 N–H and O–H groups in total. The SMILES string of the molecule is OCc1ccc(C/C=C\Br)cc1. The lowest BCUT2D eigenvalue weighted by Crippen LogP contribution is -1.84. The quantitative estimate of drug-likeness (QED) is 0.841. The van der Waals surface area contributed by atoms with Crippen molar-refractivity contribution in [2.24, 2.45) is 0 Å². The van der Waals surface area contributed by atoms with Crippen LogP contribution in [0.15, 0.2) is 35.3 Å². The first-order chi connectivity index (χ1) is 5.86. The molecule has 0 radical (unpaired) electrons. The largest absolute Gasteiger partial charge is 0.392 e. The first-order valence-electron chi connectivity index (χ1n) is 3.80. The molecule has 0 saturated carbocycles. The normalized spacial score (nSPS) is 10.8. The fourth-order valence-corrected chi connectivity index (χ4v) is 1.15. The minimum Gasteiger partial charge on any atom is -0.392 e. The van der Waals surface area contributed by atoms with Gasteiger partial charge in [-0.1, -0.05) is 46.3 Å². The number of hydrogen-bond donors (Lipinski definition) is 1. The Bertz CT molecular complexity index is 251. The van der Waals surface area contributed by atoms with Gasteiger partial charge in [0.05, 0.1) is 6.61 Å². The predicted molar refractivity (Wildman–Crippen MR) is 54.1 cm³/mol. The molecule has 0 aliphatic carbocycles. The number of aliphatic hydroxyl groups excluding tert-OH is 1. The van der Waals surface area contributed by atoms with Crippen LogP contribution in [0.25, 0.3) is 0 Å². The number of hydrogen-bond acceptors (Lipinski definition) is 1. The van der Waals surface area contributed by atoms with Crippen molar-refractivity contribution >= 4 is 15.9 Å². The van der Waals surface area contributed by atoms with E-state index >= 15 is 0 Å². The fourth-order valence-electron chi connectivity index (χ4n) is 0.961. The van der Waals surface area contributed by atoms with E-state index in [0.29, 0.717) is 0 Å². The summed E-state index contributed by atoms with van der Waals surface area (Å²) < 4.78 is 0. The monoisotopic (exact) mass is 226 g/mol. The average molecular weight is 227 g/mol. The molecule has 12 heavy (non-hydrogen) atoms. The lowest BCUT2D eigenvalue weighted by atomic mass is 10.1. The van der Waals surface area contributed by atoms with Crippen molar-refractivity contribution in [1.29, 1.82) is 0 Å². The maximum Gasteiger partial charge on any atom is 0.0681 e. The summed E-state index contributed by atoms with van der Waals surface area (Å²) in [5.74, 6) is 0. The van der Waals surface area contributed by atoms with Gasteiger partial charge < -0.3 is 5.11 Å². The third-order valence-corrected chi connectivity index (χ3v) is 2.02. The number of halogens is 1. The minimum absolute atomic E-state index is 0.120. The highest BCUT2D eigenvalue weighted by Crippen LogP contribution is 2.05. The molecule has 1 rings (SSSR count). The van der Waals surface area contributed by atoms with Crippen molar-refractivity contribution in [3.8, 4) is 0 Å². The highest BCUT2D eigenvalue weighted by atomic mass is 79.9. The van der Waals surface area contributed by atoms with Gasteiger partial charge in [-0.15, -0.1) is 0 Å². The molecule has 0 aliphatic rings. The molecule has 1 aromatic rings. The molecule has 0 spiro atoms. The van der Waals surface area contributed by atoms with Crippen molar-refractivity contribution in [2.75, 3.05) is 0 Å². The molecule has 0 amide bonds. The minimum atomic E-state index is 0.120. The number of aliphatic hydroxyl groups is 1. The van der Waals surface area contributed by atoms with E-state index in [1.165, 1.54) is 5.56 Å². The van der Waals surface area contributed by atoms with Crippen molar-refractivity contribution in [3.05, 3.63) is 46.5 Å². The Hall–Kier alpha value is -0.600. The van der Waals surface area contributed by atoms with E-state index in [4.69, 9.17) is 5.11 Å². The van der Waals surface area contributed by atoms with Crippen molar-refractivity contribution < 1.29 is 5.11 Å². The first-order valence-corrected chi connectivity index (χ1v) is 4.72. The maximum atomic E-state index is 8.78. The zero-order valence-electron chi connectivity index (χ0n) is 6.70. The van der Waals surface area contributed by atoms with Crippen LogP contribution < -0.4 is 0 Å². The number of allylic oxidation sites excluding steroid dienone is 1. The van der Waals surface area contributed by atoms with E-state index in [2.05, 4.69) is 15.9 Å². The van der Waals surface area contributed by atoms with Crippen LogP contribution in [-0.2, 0) is 13.0 Å². The second kappa shape index (κ2) is 5.12. The Morgan fingerprint density at radius 3 is 2.25 bits per heavy atom. The maximum absolute atomic E-state index is 8.78. The molecule has 2 heteroatoms. The van der Waals surface area contributed by atoms with Crippen molar-refractivity contribution in [3.63, 3.8) is 0 Å². The van der Waals surface area contributed by atoms with Crippen molar-refractivity contribution in [2.45, 2.75) is 13.0 Å². The number of rotatable bonds is 3. The molecule has 0 saturated heterocycles. The van der Waals surface area contributed by atoms with Crippen LogP contribution >= 0.6 is 15.9 Å². The molecular weight excluding hydrogens is 216 g/mol. The van der Waals surface area contributed by atoms with Crippen LogP contribution in [0.2, 0.25) is 0 Å². The molecule has 64 valence electrons. The van der Waals surface area contributed by atoms with Gasteiger partial charge in [0.2, 0.25) is 0 Å². The van der Waals surface area contributed by atoms with Crippen LogP contribution in [0.3, 0.4) is 0 Å². The third-order valence-electron chi connectivity index (χ3n) is 1.65. The summed E-state index contributed by atoms with van der Waals surface area (Å²) in [6, 6.07) is 7.94. The van der Waals surface area contributed by atoms with Gasteiger partial charge >= 0.3 is 0 Å². The highest BCUT2D eigenvalue weighted by molar-refractivity contribution is 9.11. The Labute approximate surface area is 80.9 Å². The summed E-state index contributed by atoms with van der Waals surface area (Å²) in [6.45, 7) is 0.120. The molecule has 0 heterocycles. The van der Waals surface area contributed by atoms with Gasteiger partial charge in [0.15, 0.2) is 0 Å². The zero-order chi connectivity index (χ0) is 8.81. The van der Waals surface area contributed by atoms with Gasteiger partial charge in [-0.25, -0.2) is 0 Å². The summed E-state index contributed by atoms with van der Waals surface area (Å²) in [4.78, 5) is 1.85. The van der Waals surface area contributed by atoms with E-state index in [9.17, 15) is 0 Å². The van der Waals surface area contributed by atoms with Crippen LogP contribution in [0, 0.1) is 0 Å². The zero-order valence-corrected chi connectivity index (χ0v) is 8.29. The molecule has 0 fully saturated rings. The lowest BCUT2D eigenvalue weighted by molar-refractivity contribution is 0.282. The summed E-state index contributed by atoms with van der Waals surface area (Å²) in [5, 5.41) is 8.78. The van der Waals surface area contributed by atoms with Gasteiger partial charge in [0, 0.05) is 0 Å². The van der Waals surface area contributed by atoms with Crippen LogP contribution in [0.5, 0.6) is 0 Å². The van der Waals surface area contributed by atoms with E-state index in [1.54, 1.807) is 0 Å². The van der Waals surface area contributed by atoms with Crippen molar-refractivity contribution in [1.82, 2.24) is 0 Å². The average Bonchev–Trinajstić information content (AvgIpc) is 2.15. The lowest BCUT2D eigenvalue weighted by Gasteiger charge is -1.98. The van der Waals surface area contributed by atoms with Crippen LogP contribution in [0.1, 0.15) is 11.1 Å². The topological polar surface area (TPSA) is 20.2 Å². The fraction of sp³-hybridized carbons (Fsp3) is 0.200. The molecule has 0 unspecified atom stereocenters. The third kappa shape index (κ3) is 2.80. The van der Waals surface area contributed by atoms with E-state index in [0.717, 1.165) is 12.0 Å². The highest BCUT2D eigenvalue weighted by Gasteiger charge is 1.90. The predicted octanol–water partition coefficient (Wildman–Crippen LogP) is 2.63. The van der Waals surface area contributed by atoms with Crippen LogP contribution in [0.4, 0.5) is 0 Å². The molecule has 0 aromatic heterocycles. The summed E-state index contributed by atoms with van der Waals surface area (Å²) in [7, 11) is 0. The van der Waals surface area contributed by atoms with E-state index in [-0.39, 0.29) is 6.61 Å². The summed E-state index contributed by atoms with van der Waals surface area (Å²) in [6.07, 6.45) is 2.96. The molecule has 0 atom stereocenters. The first kappa shape index (κ1) is 9.49. The van der Waals surface area contributed by atoms with E-state index < -0.39 is 0 Å². The smallest absolute Gasteiger partial charge is 0.0681 e. The van der Waals surface area contributed by atoms with Gasteiger partial charge in [-0.05, 0) is 22.5 Å². The van der Waals surface area contributed by atoms with Gasteiger partial charge in [-0.3, -0.25) is 0 Å². The van der Waals surface area contributed by atoms with Gasteiger partial charge in [0.1, 0.15) is 0 Å². The standard InChI is InChI=1S/C10H11BrO/c11-7-1-2-9-3-5-10(8-12)6-4-9/h1,3-7,12H,2,8H2/b7-1-. The summed E-state index contributed by atoms with van der Waals surface area (Å²) in [5.41, 5.74) is 2.21. The van der Waals surface area contributed by atoms with Crippen LogP contribution in [-0.4, -0.2) is 5.11 Å². The molecule has 0 aliphatic heterocycles. The molecule has 1 nitrogen and oxygen atoms in total. The van der Waals surface area contributed by atoms with E-state index in [1.807, 2.05) is 35.3 Å². The molecular formula is C10H11BrO. The Morgan fingerprint density at radius 1 is 1.17 bits per heavy atom. The molecule has 1 aromatic carbocycles. The molecule has 0 bridgehead atoms. The Morgan fingerprint density at radius 2 is 1.75 bits per heavy atom. The van der Waals surface area contributed by atoms with Gasteiger partial charge in [-0.2, -0.15) is 0 Å². The Kier molecular flexibility index (Phi) is 4.05. The second-order valence-corrected chi connectivity index (χ2v) is 3.07. The number of benzene rings is 1. The second-order valence-electron chi connectivity index (χ2n) is 2.54. The summed E-state index contributed by atoms with van der Waals surface area (Å²) >= 11 is 3.21.